The summed E-state index contributed by atoms with van der Waals surface area (Å²) in [6.07, 6.45) is 4.60. The van der Waals surface area contributed by atoms with E-state index in [9.17, 15) is 24.3 Å². The van der Waals surface area contributed by atoms with E-state index in [1.807, 2.05) is 77.9 Å². The monoisotopic (exact) mass is 783 g/mol. The van der Waals surface area contributed by atoms with Crippen LogP contribution in [0.3, 0.4) is 0 Å². The molecule has 8 atom stereocenters. The van der Waals surface area contributed by atoms with Gasteiger partial charge in [0.15, 0.2) is 0 Å². The van der Waals surface area contributed by atoms with Crippen molar-refractivity contribution in [1.82, 2.24) is 24.9 Å². The summed E-state index contributed by atoms with van der Waals surface area (Å²) in [5, 5.41) is 12.8. The molecule has 1 aliphatic heterocycles. The number of amides is 4. The van der Waals surface area contributed by atoms with Crippen molar-refractivity contribution in [2.24, 2.45) is 23.7 Å². The molecule has 2 rings (SSSR count). The van der Waals surface area contributed by atoms with Crippen molar-refractivity contribution in [2.45, 2.75) is 116 Å². The summed E-state index contributed by atoms with van der Waals surface area (Å²) in [5.74, 6) is -0.582. The van der Waals surface area contributed by atoms with E-state index in [0.29, 0.717) is 19.5 Å². The Morgan fingerprint density at radius 2 is 1.66 bits per heavy atom. The Hall–Kier alpha value is -2.54. The van der Waals surface area contributed by atoms with Gasteiger partial charge in [-0.25, -0.2) is 0 Å². The van der Waals surface area contributed by atoms with Crippen LogP contribution >= 0.6 is 24.2 Å². The van der Waals surface area contributed by atoms with Crippen LogP contribution in [-0.2, 0) is 30.3 Å². The number of carbonyl (C=O) groups excluding carboxylic acids is 4. The minimum Gasteiger partial charge on any atom is -0.508 e. The molecule has 2 unspecified atom stereocenters. The smallest absolute Gasteiger partial charge is 0.245 e. The average Bonchev–Trinajstić information content (AvgIpc) is 3.57. The fourth-order valence-electron chi connectivity index (χ4n) is 7.87. The van der Waals surface area contributed by atoms with Gasteiger partial charge in [0.25, 0.3) is 0 Å². The van der Waals surface area contributed by atoms with Gasteiger partial charge in [-0.05, 0) is 75.1 Å². The molecule has 1 fully saturated rings. The maximum atomic E-state index is 14.2. The van der Waals surface area contributed by atoms with Crippen LogP contribution in [0, 0.1) is 23.7 Å². The highest BCUT2D eigenvalue weighted by Gasteiger charge is 2.43. The first-order chi connectivity index (χ1) is 24.4. The third-order valence-electron chi connectivity index (χ3n) is 10.9. The van der Waals surface area contributed by atoms with Crippen molar-refractivity contribution in [3.05, 3.63) is 29.8 Å². The lowest BCUT2D eigenvalue weighted by Crippen LogP contribution is -2.59. The maximum absolute atomic E-state index is 14.2. The number of aromatic hydroxyl groups is 1. The number of nitrogens with zero attached hydrogens (tertiary/aromatic N) is 4. The number of thioether (sulfide) groups is 1. The average molecular weight is 785 g/mol. The summed E-state index contributed by atoms with van der Waals surface area (Å²) in [6, 6.07) is 5.47. The largest absolute Gasteiger partial charge is 0.508 e. The van der Waals surface area contributed by atoms with Gasteiger partial charge in [-0.15, -0.1) is 12.4 Å². The lowest BCUT2D eigenvalue weighted by molar-refractivity contribution is -0.146. The summed E-state index contributed by atoms with van der Waals surface area (Å²) >= 11 is 1.63. The first kappa shape index (κ1) is 48.5. The lowest BCUT2D eigenvalue weighted by atomic mass is 9.89. The molecule has 11 nitrogen and oxygen atoms in total. The van der Waals surface area contributed by atoms with Crippen molar-refractivity contribution in [1.29, 1.82) is 0 Å². The summed E-state index contributed by atoms with van der Waals surface area (Å²) in [4.78, 5) is 62.8. The Morgan fingerprint density at radius 3 is 2.17 bits per heavy atom. The maximum Gasteiger partial charge on any atom is 0.245 e. The van der Waals surface area contributed by atoms with Gasteiger partial charge in [-0.2, -0.15) is 11.8 Å². The molecule has 1 heterocycles. The molecule has 0 spiro atoms. The highest BCUT2D eigenvalue weighted by Crippen LogP contribution is 2.34. The van der Waals surface area contributed by atoms with Gasteiger partial charge in [0.05, 0.1) is 24.6 Å². The molecule has 0 aliphatic carbocycles. The van der Waals surface area contributed by atoms with E-state index >= 15 is 0 Å². The number of likely N-dealkylation sites (N-methyl/N-ethyl adjacent to an activating group) is 3. The van der Waals surface area contributed by atoms with E-state index in [4.69, 9.17) is 4.74 Å². The number of halogens is 1. The van der Waals surface area contributed by atoms with Gasteiger partial charge in [0, 0.05) is 51.5 Å². The Labute approximate surface area is 330 Å². The summed E-state index contributed by atoms with van der Waals surface area (Å²) in [6.45, 7) is 15.1. The van der Waals surface area contributed by atoms with E-state index in [0.717, 1.165) is 24.8 Å². The second kappa shape index (κ2) is 22.7. The molecule has 4 amide bonds. The summed E-state index contributed by atoms with van der Waals surface area (Å²) in [7, 11) is 8.90. The molecule has 0 aromatic heterocycles. The normalized spacial score (nSPS) is 18.5. The van der Waals surface area contributed by atoms with E-state index in [2.05, 4.69) is 19.2 Å². The topological polar surface area (TPSA) is 123 Å². The molecule has 2 N–H and O–H groups in total. The predicted octanol–water partition coefficient (Wildman–Crippen LogP) is 5.18. The quantitative estimate of drug-likeness (QED) is 0.186. The molecule has 53 heavy (non-hydrogen) atoms. The molecule has 0 saturated carbocycles. The zero-order valence-corrected chi connectivity index (χ0v) is 36.3. The number of phenols is 1. The van der Waals surface area contributed by atoms with E-state index in [1.165, 1.54) is 0 Å². The molecule has 13 heteroatoms. The number of hydrogen-bond acceptors (Lipinski definition) is 8. The lowest BCUT2D eigenvalue weighted by Gasteiger charge is -2.41. The molecule has 0 radical (unpaired) electrons. The third-order valence-corrected chi connectivity index (χ3v) is 12.2. The fourth-order valence-corrected chi connectivity index (χ4v) is 8.99. The molecule has 304 valence electrons. The predicted molar refractivity (Wildman–Crippen MR) is 218 cm³/mol. The van der Waals surface area contributed by atoms with E-state index in [-0.39, 0.29) is 89.2 Å². The zero-order valence-electron chi connectivity index (χ0n) is 34.6. The molecule has 1 saturated heterocycles. The SMILES string of the molecule is CC[C@@H](C)[C@H](C(CC(=O)N1CCCC1[C@H](SC)[C@@H](C)C(=O)N(C)CCc1cccc(O)c1)OC)N(C)C(=O)[C@@H](NC(=O)[C@H](C(C)C)N(C)C)C(C)C.Cl. The fraction of sp³-hybridized carbons (Fsp3) is 0.750. The van der Waals surface area contributed by atoms with Crippen LogP contribution < -0.4 is 5.32 Å². The third kappa shape index (κ3) is 13.0. The Kier molecular flexibility index (Phi) is 20.8. The number of ether oxygens (including phenoxy) is 1. The summed E-state index contributed by atoms with van der Waals surface area (Å²) in [5.41, 5.74) is 0.964. The standard InChI is InChI=1S/C40H69N5O6S.ClH/c1-14-27(6)36(44(11)40(50)34(25(2)3)41-38(48)35(26(4)5)42(8)9)32(51-12)24-33(47)45-21-16-19-31(45)37(52-13)28(7)39(49)43(10)22-20-29-17-15-18-30(46)23-29;/h15,17-18,23,25-28,31-32,34-37,46H,14,16,19-22,24H2,1-13H3,(H,41,48);1H/t27-,28-,31?,32?,34+,35+,36-,37-;/m1./s1. The van der Waals surface area contributed by atoms with Crippen LogP contribution in [-0.4, -0.2) is 139 Å². The first-order valence-electron chi connectivity index (χ1n) is 19.0. The van der Waals surface area contributed by atoms with Crippen LogP contribution in [0.15, 0.2) is 24.3 Å². The van der Waals surface area contributed by atoms with Crippen LogP contribution in [0.1, 0.15) is 79.7 Å². The molecular formula is C40H70ClN5O6S. The van der Waals surface area contributed by atoms with Crippen molar-refractivity contribution < 1.29 is 29.0 Å². The van der Waals surface area contributed by atoms with E-state index < -0.39 is 18.2 Å². The summed E-state index contributed by atoms with van der Waals surface area (Å²) < 4.78 is 6.05. The second-order valence-electron chi connectivity index (χ2n) is 15.7. The highest BCUT2D eigenvalue weighted by molar-refractivity contribution is 7.99. The zero-order chi connectivity index (χ0) is 39.4. The minimum atomic E-state index is -0.735. The van der Waals surface area contributed by atoms with Gasteiger partial charge in [0.1, 0.15) is 11.8 Å². The van der Waals surface area contributed by atoms with Crippen LogP contribution in [0.4, 0.5) is 0 Å². The number of carbonyl (C=O) groups is 4. The van der Waals surface area contributed by atoms with Gasteiger partial charge >= 0.3 is 0 Å². The number of hydrogen-bond donors (Lipinski definition) is 2. The number of phenolic OH excluding ortho intramolecular Hbond substituents is 1. The van der Waals surface area contributed by atoms with Gasteiger partial charge < -0.3 is 29.9 Å². The first-order valence-corrected chi connectivity index (χ1v) is 20.3. The molecule has 1 aromatic carbocycles. The van der Waals surface area contributed by atoms with Crippen LogP contribution in [0.5, 0.6) is 5.75 Å². The van der Waals surface area contributed by atoms with Crippen LogP contribution in [0.25, 0.3) is 0 Å². The number of likely N-dealkylation sites (tertiary alicyclic amines) is 1. The van der Waals surface area contributed by atoms with Crippen molar-refractivity contribution >= 4 is 47.8 Å². The minimum absolute atomic E-state index is 0. The van der Waals surface area contributed by atoms with Crippen molar-refractivity contribution in [2.75, 3.05) is 54.6 Å². The van der Waals surface area contributed by atoms with Crippen LogP contribution in [0.2, 0.25) is 0 Å². The van der Waals surface area contributed by atoms with Gasteiger partial charge in [-0.3, -0.25) is 24.1 Å². The Bertz CT molecular complexity index is 1310. The number of rotatable bonds is 20. The Morgan fingerprint density at radius 1 is 1.02 bits per heavy atom. The Balaban J connectivity index is 0.0000140. The van der Waals surface area contributed by atoms with E-state index in [1.54, 1.807) is 53.9 Å². The molecular weight excluding hydrogens is 714 g/mol. The van der Waals surface area contributed by atoms with Gasteiger partial charge in [0.2, 0.25) is 23.6 Å². The molecule has 1 aromatic rings. The van der Waals surface area contributed by atoms with Crippen molar-refractivity contribution in [3.8, 4) is 5.75 Å². The highest BCUT2D eigenvalue weighted by atomic mass is 35.5. The number of nitrogens with one attached hydrogen (secondary N) is 1. The number of methoxy groups -OCH3 is 1. The molecule has 0 bridgehead atoms. The van der Waals surface area contributed by atoms with Gasteiger partial charge in [-0.1, -0.05) is 67.0 Å². The second-order valence-corrected chi connectivity index (χ2v) is 16.7. The number of benzene rings is 1. The van der Waals surface area contributed by atoms with Crippen molar-refractivity contribution in [3.63, 3.8) is 0 Å². The molecule has 1 aliphatic rings.